The summed E-state index contributed by atoms with van der Waals surface area (Å²) in [6, 6.07) is -0.722. The van der Waals surface area contributed by atoms with Crippen LogP contribution in [0.5, 0.6) is 0 Å². The molecule has 0 saturated heterocycles. The van der Waals surface area contributed by atoms with Gasteiger partial charge in [-0.25, -0.2) is 0 Å². The van der Waals surface area contributed by atoms with Crippen molar-refractivity contribution in [2.24, 2.45) is 0 Å². The van der Waals surface area contributed by atoms with Gasteiger partial charge in [0.25, 0.3) is 0 Å². The van der Waals surface area contributed by atoms with Crippen LogP contribution in [0.3, 0.4) is 0 Å². The van der Waals surface area contributed by atoms with Gasteiger partial charge in [0, 0.05) is 6.42 Å². The Morgan fingerprint density at radius 3 is 1.28 bits per heavy atom. The third kappa shape index (κ3) is 51.5. The zero-order valence-electron chi connectivity index (χ0n) is 45.7. The van der Waals surface area contributed by atoms with Crippen LogP contribution >= 0.6 is 0 Å². The summed E-state index contributed by atoms with van der Waals surface area (Å²) >= 11 is 0. The van der Waals surface area contributed by atoms with E-state index in [1.165, 1.54) is 154 Å². The van der Waals surface area contributed by atoms with Crippen LogP contribution < -0.4 is 5.32 Å². The van der Waals surface area contributed by atoms with Gasteiger partial charge in [-0.05, 0) is 89.9 Å². The quantitative estimate of drug-likeness (QED) is 0.0244. The van der Waals surface area contributed by atoms with Crippen molar-refractivity contribution >= 4 is 11.9 Å². The highest BCUT2D eigenvalue weighted by molar-refractivity contribution is 5.77. The summed E-state index contributed by atoms with van der Waals surface area (Å²) in [5, 5.41) is 23.9. The molecule has 0 radical (unpaired) electrons. The summed E-state index contributed by atoms with van der Waals surface area (Å²) in [5.41, 5.74) is 0. The first-order valence-corrected chi connectivity index (χ1v) is 29.7. The summed E-state index contributed by atoms with van der Waals surface area (Å²) in [6.07, 6.45) is 72.5. The van der Waals surface area contributed by atoms with Crippen LogP contribution in [0.15, 0.2) is 72.9 Å². The van der Waals surface area contributed by atoms with Crippen molar-refractivity contribution in [2.75, 3.05) is 6.61 Å². The second kappa shape index (κ2) is 56.2. The number of carbonyl (C=O) groups is 2. The molecule has 3 unspecified atom stereocenters. The molecule has 0 bridgehead atoms. The maximum Gasteiger partial charge on any atom is 0.306 e. The fourth-order valence-corrected chi connectivity index (χ4v) is 8.79. The largest absolute Gasteiger partial charge is 0.462 e. The maximum atomic E-state index is 13.3. The molecule has 0 aliphatic rings. The first-order chi connectivity index (χ1) is 34.0. The predicted octanol–water partition coefficient (Wildman–Crippen LogP) is 18.5. The summed E-state index contributed by atoms with van der Waals surface area (Å²) in [6.45, 7) is 6.45. The van der Waals surface area contributed by atoms with Crippen molar-refractivity contribution in [2.45, 2.75) is 309 Å². The van der Waals surface area contributed by atoms with E-state index < -0.39 is 18.2 Å². The molecule has 0 fully saturated rings. The minimum atomic E-state index is -0.806. The van der Waals surface area contributed by atoms with E-state index in [0.717, 1.165) is 89.9 Å². The van der Waals surface area contributed by atoms with E-state index in [0.29, 0.717) is 19.3 Å². The molecule has 400 valence electrons. The molecule has 1 amide bonds. The minimum Gasteiger partial charge on any atom is -0.462 e. The number of esters is 1. The smallest absolute Gasteiger partial charge is 0.306 e. The lowest BCUT2D eigenvalue weighted by Crippen LogP contribution is -2.46. The number of aliphatic hydroxyl groups is 2. The average Bonchev–Trinajstić information content (AvgIpc) is 3.34. The minimum absolute atomic E-state index is 0.0416. The van der Waals surface area contributed by atoms with Crippen molar-refractivity contribution in [1.29, 1.82) is 0 Å². The van der Waals surface area contributed by atoms with Crippen molar-refractivity contribution in [3.63, 3.8) is 0 Å². The molecule has 0 aliphatic heterocycles. The Balaban J connectivity index is 4.63. The molecule has 69 heavy (non-hydrogen) atoms. The molecule has 6 heteroatoms. The molecule has 0 heterocycles. The van der Waals surface area contributed by atoms with E-state index in [1.54, 1.807) is 0 Å². The number of carbonyl (C=O) groups excluding carboxylic acids is 2. The van der Waals surface area contributed by atoms with Crippen molar-refractivity contribution in [3.05, 3.63) is 72.9 Å². The van der Waals surface area contributed by atoms with Gasteiger partial charge >= 0.3 is 5.97 Å². The average molecular weight is 965 g/mol. The molecule has 0 aliphatic carbocycles. The van der Waals surface area contributed by atoms with Crippen LogP contribution in [0, 0.1) is 0 Å². The third-order valence-corrected chi connectivity index (χ3v) is 13.3. The molecule has 0 aromatic heterocycles. The molecule has 6 nitrogen and oxygen atoms in total. The number of hydrogen-bond donors (Lipinski definition) is 3. The Hall–Kier alpha value is -2.70. The monoisotopic (exact) mass is 964 g/mol. The van der Waals surface area contributed by atoms with Gasteiger partial charge in [0.05, 0.1) is 25.2 Å². The molecular formula is C63H113NO5. The first-order valence-electron chi connectivity index (χ1n) is 29.7. The fourth-order valence-electron chi connectivity index (χ4n) is 8.79. The SMILES string of the molecule is CCCCC/C=C\C/C=C\C/C=C\CCCCC(CC(=O)NC(CO)C(O)CCCCCCCCCCCCCCCCCCC)OC(=O)CCCCCCC/C=C/C=C/C=C/CCCCCCC. The maximum absolute atomic E-state index is 13.3. The van der Waals surface area contributed by atoms with Crippen molar-refractivity contribution in [3.8, 4) is 0 Å². The molecule has 0 aromatic carbocycles. The third-order valence-electron chi connectivity index (χ3n) is 13.3. The van der Waals surface area contributed by atoms with Crippen LogP contribution in [0.2, 0.25) is 0 Å². The van der Waals surface area contributed by atoms with Crippen LogP contribution in [0.1, 0.15) is 290 Å². The van der Waals surface area contributed by atoms with Gasteiger partial charge in [-0.15, -0.1) is 0 Å². The number of allylic oxidation sites excluding steroid dienone is 12. The van der Waals surface area contributed by atoms with Crippen LogP contribution in [0.25, 0.3) is 0 Å². The Morgan fingerprint density at radius 2 is 0.797 bits per heavy atom. The highest BCUT2D eigenvalue weighted by atomic mass is 16.5. The van der Waals surface area contributed by atoms with E-state index >= 15 is 0 Å². The second-order valence-corrected chi connectivity index (χ2v) is 20.1. The Labute approximate surface area is 428 Å². The van der Waals surface area contributed by atoms with Gasteiger partial charge in [-0.1, -0.05) is 261 Å². The molecule has 0 aromatic rings. The Morgan fingerprint density at radius 1 is 0.435 bits per heavy atom. The van der Waals surface area contributed by atoms with E-state index in [9.17, 15) is 19.8 Å². The highest BCUT2D eigenvalue weighted by Crippen LogP contribution is 2.18. The van der Waals surface area contributed by atoms with E-state index in [1.807, 2.05) is 0 Å². The lowest BCUT2D eigenvalue weighted by molar-refractivity contribution is -0.151. The fraction of sp³-hybridized carbons (Fsp3) is 0.778. The topological polar surface area (TPSA) is 95.9 Å². The number of rotatable bonds is 53. The summed E-state index contributed by atoms with van der Waals surface area (Å²) in [7, 11) is 0. The number of hydrogen-bond acceptors (Lipinski definition) is 5. The van der Waals surface area contributed by atoms with E-state index in [4.69, 9.17) is 4.74 Å². The Kier molecular flexibility index (Phi) is 54.0. The van der Waals surface area contributed by atoms with Crippen LogP contribution in [-0.2, 0) is 14.3 Å². The summed E-state index contributed by atoms with van der Waals surface area (Å²) in [4.78, 5) is 26.3. The molecular weight excluding hydrogens is 851 g/mol. The summed E-state index contributed by atoms with van der Waals surface area (Å²) < 4.78 is 5.94. The lowest BCUT2D eigenvalue weighted by Gasteiger charge is -2.24. The molecule has 0 spiro atoms. The van der Waals surface area contributed by atoms with Crippen LogP contribution in [-0.4, -0.2) is 46.9 Å². The number of aliphatic hydroxyl groups excluding tert-OH is 2. The van der Waals surface area contributed by atoms with Gasteiger partial charge < -0.3 is 20.3 Å². The van der Waals surface area contributed by atoms with Crippen LogP contribution in [0.4, 0.5) is 0 Å². The predicted molar refractivity (Wildman–Crippen MR) is 301 cm³/mol. The number of unbranched alkanes of at least 4 members (excludes halogenated alkanes) is 31. The first kappa shape index (κ1) is 66.3. The van der Waals surface area contributed by atoms with Gasteiger partial charge in [-0.2, -0.15) is 0 Å². The molecule has 3 N–H and O–H groups in total. The van der Waals surface area contributed by atoms with Gasteiger partial charge in [-0.3, -0.25) is 9.59 Å². The second-order valence-electron chi connectivity index (χ2n) is 20.1. The van der Waals surface area contributed by atoms with Gasteiger partial charge in [0.1, 0.15) is 6.10 Å². The number of nitrogens with one attached hydrogen (secondary N) is 1. The number of ether oxygens (including phenoxy) is 1. The molecule has 0 rings (SSSR count). The Bertz CT molecular complexity index is 1270. The van der Waals surface area contributed by atoms with E-state index in [2.05, 4.69) is 99.0 Å². The van der Waals surface area contributed by atoms with Crippen molar-refractivity contribution < 1.29 is 24.5 Å². The molecule has 0 saturated carbocycles. The lowest BCUT2D eigenvalue weighted by atomic mass is 10.0. The zero-order chi connectivity index (χ0) is 50.2. The zero-order valence-corrected chi connectivity index (χ0v) is 45.7. The normalized spacial score (nSPS) is 13.6. The standard InChI is InChI=1S/C63H113NO5/c1-4-7-10-13-16-19-22-25-28-30-32-35-38-41-44-47-50-53-56-63(68)69-59(54-51-48-45-42-39-36-33-27-24-21-18-15-12-9-6-3)57-62(67)64-60(58-65)61(66)55-52-49-46-43-40-37-34-31-29-26-23-20-17-14-11-8-5-2/h18,21-22,25,27-28,30,32-33,35,39,42,59-61,65-66H,4-17,19-20,23-24,26,29,31,34,36-38,40-41,43-58H2,1-3H3,(H,64,67)/b21-18-,25-22+,30-28+,33-27-,35-32+,42-39-. The van der Waals surface area contributed by atoms with Gasteiger partial charge in [0.15, 0.2) is 0 Å². The van der Waals surface area contributed by atoms with Crippen molar-refractivity contribution in [1.82, 2.24) is 5.32 Å². The highest BCUT2D eigenvalue weighted by Gasteiger charge is 2.24. The van der Waals surface area contributed by atoms with Gasteiger partial charge in [0.2, 0.25) is 5.91 Å². The van der Waals surface area contributed by atoms with E-state index in [-0.39, 0.29) is 24.9 Å². The summed E-state index contributed by atoms with van der Waals surface area (Å²) in [5.74, 6) is -0.530. The molecule has 3 atom stereocenters. The number of amides is 1.